The highest BCUT2D eigenvalue weighted by atomic mass is 79.9. The zero-order valence-corrected chi connectivity index (χ0v) is 12.9. The molecule has 0 bridgehead atoms. The molecule has 0 saturated heterocycles. The summed E-state index contributed by atoms with van der Waals surface area (Å²) in [4.78, 5) is 0. The van der Waals surface area contributed by atoms with E-state index in [1.165, 1.54) is 6.07 Å². The van der Waals surface area contributed by atoms with Gasteiger partial charge >= 0.3 is 0 Å². The van der Waals surface area contributed by atoms with E-state index in [1.807, 2.05) is 24.3 Å². The third-order valence-electron chi connectivity index (χ3n) is 2.58. The first-order chi connectivity index (χ1) is 9.11. The summed E-state index contributed by atoms with van der Waals surface area (Å²) in [5, 5.41) is 12.4. The van der Waals surface area contributed by atoms with E-state index in [-0.39, 0.29) is 5.82 Å². The summed E-state index contributed by atoms with van der Waals surface area (Å²) in [5.74, 6) is -0.346. The lowest BCUT2D eigenvalue weighted by atomic mass is 10.1. The molecule has 0 aliphatic heterocycles. The molecular weight excluding hydrogens is 375 g/mol. The Labute approximate surface area is 127 Å². The predicted octanol–water partition coefficient (Wildman–Crippen LogP) is 5.03. The van der Waals surface area contributed by atoms with Gasteiger partial charge in [0.25, 0.3) is 0 Å². The summed E-state index contributed by atoms with van der Waals surface area (Å²) in [6.07, 6.45) is 0. The van der Waals surface area contributed by atoms with E-state index in [9.17, 15) is 9.65 Å². The van der Waals surface area contributed by atoms with Crippen LogP contribution in [0.15, 0.2) is 51.4 Å². The highest BCUT2D eigenvalue weighted by Crippen LogP contribution is 2.27. The number of anilines is 1. The molecule has 1 N–H and O–H groups in total. The smallest absolute Gasteiger partial charge is 0.140 e. The first kappa shape index (κ1) is 14.0. The molecule has 0 heterocycles. The molecule has 0 aromatic heterocycles. The minimum absolute atomic E-state index is 0.346. The van der Waals surface area contributed by atoms with E-state index in [1.54, 1.807) is 12.1 Å². The molecule has 2 rings (SSSR count). The lowest BCUT2D eigenvalue weighted by Crippen LogP contribution is -2.09. The van der Waals surface area contributed by atoms with Gasteiger partial charge in [0.2, 0.25) is 0 Å². The van der Waals surface area contributed by atoms with Gasteiger partial charge in [-0.3, -0.25) is 0 Å². The van der Waals surface area contributed by atoms with Gasteiger partial charge in [0.05, 0.1) is 10.5 Å². The van der Waals surface area contributed by atoms with Crippen LogP contribution < -0.4 is 5.32 Å². The SMILES string of the molecule is N#CC(Nc1ccccc1Br)c1ccc(F)c(Br)c1. The van der Waals surface area contributed by atoms with Crippen LogP contribution in [0, 0.1) is 17.1 Å². The second-order valence-electron chi connectivity index (χ2n) is 3.86. The fourth-order valence-electron chi connectivity index (χ4n) is 1.62. The van der Waals surface area contributed by atoms with E-state index >= 15 is 0 Å². The summed E-state index contributed by atoms with van der Waals surface area (Å²) in [6, 6.07) is 13.7. The first-order valence-corrected chi connectivity index (χ1v) is 7.06. The number of nitriles is 1. The monoisotopic (exact) mass is 382 g/mol. The maximum Gasteiger partial charge on any atom is 0.140 e. The lowest BCUT2D eigenvalue weighted by molar-refractivity contribution is 0.620. The highest BCUT2D eigenvalue weighted by Gasteiger charge is 2.13. The standard InChI is InChI=1S/C14H9Br2FN2/c15-10-3-1-2-4-13(10)19-14(8-18)9-5-6-12(17)11(16)7-9/h1-7,14,19H. The van der Waals surface area contributed by atoms with E-state index in [2.05, 4.69) is 43.2 Å². The summed E-state index contributed by atoms with van der Waals surface area (Å²) < 4.78 is 14.4. The fraction of sp³-hybridized carbons (Fsp3) is 0.0714. The summed E-state index contributed by atoms with van der Waals surface area (Å²) in [5.41, 5.74) is 1.51. The first-order valence-electron chi connectivity index (χ1n) is 5.47. The zero-order chi connectivity index (χ0) is 13.8. The van der Waals surface area contributed by atoms with Crippen LogP contribution >= 0.6 is 31.9 Å². The van der Waals surface area contributed by atoms with Gasteiger partial charge in [-0.1, -0.05) is 18.2 Å². The molecule has 19 heavy (non-hydrogen) atoms. The minimum atomic E-state index is -0.546. The van der Waals surface area contributed by atoms with Crippen molar-refractivity contribution >= 4 is 37.5 Å². The van der Waals surface area contributed by atoms with Crippen LogP contribution in [-0.4, -0.2) is 0 Å². The Morgan fingerprint density at radius 1 is 1.11 bits per heavy atom. The lowest BCUT2D eigenvalue weighted by Gasteiger charge is -2.15. The summed E-state index contributed by atoms with van der Waals surface area (Å²) in [7, 11) is 0. The van der Waals surface area contributed by atoms with Gasteiger partial charge in [-0.15, -0.1) is 0 Å². The van der Waals surface area contributed by atoms with Crippen LogP contribution in [0.1, 0.15) is 11.6 Å². The number of hydrogen-bond donors (Lipinski definition) is 1. The quantitative estimate of drug-likeness (QED) is 0.806. The second-order valence-corrected chi connectivity index (χ2v) is 5.57. The molecule has 96 valence electrons. The van der Waals surface area contributed by atoms with Crippen molar-refractivity contribution in [2.24, 2.45) is 0 Å². The normalized spacial score (nSPS) is 11.7. The van der Waals surface area contributed by atoms with E-state index in [0.29, 0.717) is 10.0 Å². The topological polar surface area (TPSA) is 35.8 Å². The fourth-order valence-corrected chi connectivity index (χ4v) is 2.41. The maximum atomic E-state index is 13.2. The van der Waals surface area contributed by atoms with Crippen molar-refractivity contribution in [2.75, 3.05) is 5.32 Å². The Balaban J connectivity index is 2.28. The van der Waals surface area contributed by atoms with Crippen molar-refractivity contribution in [3.8, 4) is 6.07 Å². The number of nitrogens with one attached hydrogen (secondary N) is 1. The van der Waals surface area contributed by atoms with Crippen LogP contribution in [0.4, 0.5) is 10.1 Å². The number of halogens is 3. The van der Waals surface area contributed by atoms with Crippen LogP contribution in [0.2, 0.25) is 0 Å². The van der Waals surface area contributed by atoms with Gasteiger partial charge in [0, 0.05) is 10.2 Å². The molecule has 0 aliphatic carbocycles. The molecule has 0 aliphatic rings. The van der Waals surface area contributed by atoms with Gasteiger partial charge < -0.3 is 5.32 Å². The van der Waals surface area contributed by atoms with Crippen molar-refractivity contribution in [2.45, 2.75) is 6.04 Å². The van der Waals surface area contributed by atoms with Crippen LogP contribution in [0.3, 0.4) is 0 Å². The second kappa shape index (κ2) is 6.18. The number of para-hydroxylation sites is 1. The average molecular weight is 384 g/mol. The minimum Gasteiger partial charge on any atom is -0.365 e. The molecule has 1 unspecified atom stereocenters. The Hall–Kier alpha value is -1.38. The van der Waals surface area contributed by atoms with Gasteiger partial charge in [-0.05, 0) is 61.7 Å². The zero-order valence-electron chi connectivity index (χ0n) is 9.70. The van der Waals surface area contributed by atoms with Crippen molar-refractivity contribution in [3.05, 3.63) is 62.8 Å². The number of nitrogens with zero attached hydrogens (tertiary/aromatic N) is 1. The average Bonchev–Trinajstić information content (AvgIpc) is 2.41. The third kappa shape index (κ3) is 3.34. The molecule has 5 heteroatoms. The Kier molecular flexibility index (Phi) is 4.56. The van der Waals surface area contributed by atoms with Crippen molar-refractivity contribution in [1.29, 1.82) is 5.26 Å². The summed E-state index contributed by atoms with van der Waals surface area (Å²) in [6.45, 7) is 0. The molecular formula is C14H9Br2FN2. The molecule has 1 atom stereocenters. The van der Waals surface area contributed by atoms with Crippen molar-refractivity contribution < 1.29 is 4.39 Å². The van der Waals surface area contributed by atoms with Crippen LogP contribution in [-0.2, 0) is 0 Å². The Bertz CT molecular complexity index is 638. The van der Waals surface area contributed by atoms with E-state index in [4.69, 9.17) is 0 Å². The number of benzene rings is 2. The van der Waals surface area contributed by atoms with Crippen LogP contribution in [0.25, 0.3) is 0 Å². The van der Waals surface area contributed by atoms with Gasteiger partial charge in [0.15, 0.2) is 0 Å². The van der Waals surface area contributed by atoms with E-state index in [0.717, 1.165) is 10.2 Å². The molecule has 0 fully saturated rings. The molecule has 2 nitrogen and oxygen atoms in total. The number of rotatable bonds is 3. The highest BCUT2D eigenvalue weighted by molar-refractivity contribution is 9.10. The van der Waals surface area contributed by atoms with Crippen LogP contribution in [0.5, 0.6) is 0 Å². The summed E-state index contributed by atoms with van der Waals surface area (Å²) >= 11 is 6.53. The Morgan fingerprint density at radius 2 is 1.84 bits per heavy atom. The number of hydrogen-bond acceptors (Lipinski definition) is 2. The molecule has 2 aromatic rings. The molecule has 2 aromatic carbocycles. The van der Waals surface area contributed by atoms with Gasteiger partial charge in [0.1, 0.15) is 11.9 Å². The third-order valence-corrected chi connectivity index (χ3v) is 3.88. The predicted molar refractivity (Wildman–Crippen MR) is 80.2 cm³/mol. The Morgan fingerprint density at radius 3 is 2.47 bits per heavy atom. The molecule has 0 spiro atoms. The molecule has 0 radical (unpaired) electrons. The van der Waals surface area contributed by atoms with E-state index < -0.39 is 6.04 Å². The van der Waals surface area contributed by atoms with Crippen molar-refractivity contribution in [1.82, 2.24) is 0 Å². The maximum absolute atomic E-state index is 13.2. The van der Waals surface area contributed by atoms with Crippen molar-refractivity contribution in [3.63, 3.8) is 0 Å². The molecule has 0 amide bonds. The molecule has 0 saturated carbocycles. The van der Waals surface area contributed by atoms with Gasteiger partial charge in [-0.2, -0.15) is 5.26 Å². The van der Waals surface area contributed by atoms with Gasteiger partial charge in [-0.25, -0.2) is 4.39 Å². The largest absolute Gasteiger partial charge is 0.365 e.